The summed E-state index contributed by atoms with van der Waals surface area (Å²) in [5, 5.41) is 7.07. The molecule has 0 heterocycles. The van der Waals surface area contributed by atoms with Gasteiger partial charge in [-0.15, -0.1) is 0 Å². The predicted molar refractivity (Wildman–Crippen MR) is 99.5 cm³/mol. The zero-order chi connectivity index (χ0) is 15.8. The van der Waals surface area contributed by atoms with Crippen LogP contribution in [0.5, 0.6) is 0 Å². The summed E-state index contributed by atoms with van der Waals surface area (Å²) in [6, 6.07) is 18.6. The Bertz CT molecular complexity index is 577. The molecule has 3 nitrogen and oxygen atoms in total. The Kier molecular flexibility index (Phi) is 6.22. The fourth-order valence-electron chi connectivity index (χ4n) is 2.30. The van der Waals surface area contributed by atoms with E-state index in [0.29, 0.717) is 5.11 Å². The molecular weight excluding hydrogens is 290 g/mol. The third kappa shape index (κ3) is 4.74. The molecule has 116 valence electrons. The number of rotatable bonds is 6. The van der Waals surface area contributed by atoms with Gasteiger partial charge in [-0.05, 0) is 55.9 Å². The zero-order valence-electron chi connectivity index (χ0n) is 13.2. The van der Waals surface area contributed by atoms with E-state index in [1.165, 1.54) is 11.3 Å². The average molecular weight is 313 g/mol. The molecule has 0 spiro atoms. The van der Waals surface area contributed by atoms with Crippen LogP contribution in [0.25, 0.3) is 0 Å². The summed E-state index contributed by atoms with van der Waals surface area (Å²) in [7, 11) is 0. The molecule has 2 N–H and O–H groups in total. The van der Waals surface area contributed by atoms with Crippen LogP contribution in [0.2, 0.25) is 0 Å². The van der Waals surface area contributed by atoms with Crippen molar-refractivity contribution in [3.05, 3.63) is 60.2 Å². The van der Waals surface area contributed by atoms with E-state index >= 15 is 0 Å². The van der Waals surface area contributed by atoms with Gasteiger partial charge in [0.15, 0.2) is 5.11 Å². The molecule has 2 aromatic rings. The number of nitrogens with zero attached hydrogens (tertiary/aromatic N) is 1. The zero-order valence-corrected chi connectivity index (χ0v) is 14.0. The van der Waals surface area contributed by atoms with Gasteiger partial charge in [-0.25, -0.2) is 0 Å². The van der Waals surface area contributed by atoms with Gasteiger partial charge < -0.3 is 15.5 Å². The molecule has 22 heavy (non-hydrogen) atoms. The third-order valence-electron chi connectivity index (χ3n) is 3.55. The Hall–Kier alpha value is -2.07. The molecule has 0 atom stereocenters. The lowest BCUT2D eigenvalue weighted by molar-refractivity contribution is 0.866. The second kappa shape index (κ2) is 8.39. The molecule has 0 saturated carbocycles. The average Bonchev–Trinajstić information content (AvgIpc) is 2.56. The van der Waals surface area contributed by atoms with E-state index in [2.05, 4.69) is 65.8 Å². The number of anilines is 2. The maximum Gasteiger partial charge on any atom is 0.171 e. The standard InChI is InChI=1S/C18H23N3S/c1-3-21(4-2)17-12-10-16(11-13-17)20-18(22)19-14-15-8-6-5-7-9-15/h5-13H,3-4,14H2,1-2H3,(H2,19,20,22). The minimum Gasteiger partial charge on any atom is -0.372 e. The first-order valence-electron chi connectivity index (χ1n) is 7.66. The lowest BCUT2D eigenvalue weighted by Gasteiger charge is -2.21. The van der Waals surface area contributed by atoms with E-state index in [-0.39, 0.29) is 0 Å². The second-order valence-electron chi connectivity index (χ2n) is 5.01. The maximum absolute atomic E-state index is 5.33. The predicted octanol–water partition coefficient (Wildman–Crippen LogP) is 4.02. The van der Waals surface area contributed by atoms with E-state index in [0.717, 1.165) is 25.3 Å². The van der Waals surface area contributed by atoms with Crippen LogP contribution in [0.1, 0.15) is 19.4 Å². The Morgan fingerprint density at radius 3 is 2.18 bits per heavy atom. The van der Waals surface area contributed by atoms with Crippen LogP contribution in [0.15, 0.2) is 54.6 Å². The molecule has 0 amide bonds. The summed E-state index contributed by atoms with van der Waals surface area (Å²) in [5.41, 5.74) is 3.45. The number of benzene rings is 2. The molecule has 0 radical (unpaired) electrons. The fraction of sp³-hybridized carbons (Fsp3) is 0.278. The van der Waals surface area contributed by atoms with Gasteiger partial charge in [0.1, 0.15) is 0 Å². The lowest BCUT2D eigenvalue weighted by Crippen LogP contribution is -2.28. The minimum atomic E-state index is 0.638. The van der Waals surface area contributed by atoms with Crippen molar-refractivity contribution in [2.45, 2.75) is 20.4 Å². The summed E-state index contributed by atoms with van der Waals surface area (Å²) < 4.78 is 0. The van der Waals surface area contributed by atoms with E-state index < -0.39 is 0 Å². The Morgan fingerprint density at radius 1 is 0.955 bits per heavy atom. The number of nitrogens with one attached hydrogen (secondary N) is 2. The first-order valence-corrected chi connectivity index (χ1v) is 8.07. The van der Waals surface area contributed by atoms with Crippen molar-refractivity contribution in [1.29, 1.82) is 0 Å². The van der Waals surface area contributed by atoms with Crippen LogP contribution in [0, 0.1) is 0 Å². The Morgan fingerprint density at radius 2 is 1.59 bits per heavy atom. The van der Waals surface area contributed by atoms with E-state index in [4.69, 9.17) is 12.2 Å². The molecule has 0 aliphatic heterocycles. The van der Waals surface area contributed by atoms with Gasteiger partial charge in [0.25, 0.3) is 0 Å². The topological polar surface area (TPSA) is 27.3 Å². The van der Waals surface area contributed by atoms with Crippen LogP contribution in [0.3, 0.4) is 0 Å². The highest BCUT2D eigenvalue weighted by Gasteiger charge is 2.02. The van der Waals surface area contributed by atoms with Gasteiger partial charge in [-0.2, -0.15) is 0 Å². The van der Waals surface area contributed by atoms with Crippen LogP contribution >= 0.6 is 12.2 Å². The number of hydrogen-bond donors (Lipinski definition) is 2. The van der Waals surface area contributed by atoms with Crippen molar-refractivity contribution in [3.8, 4) is 0 Å². The van der Waals surface area contributed by atoms with Gasteiger partial charge in [-0.1, -0.05) is 30.3 Å². The monoisotopic (exact) mass is 313 g/mol. The molecule has 0 aromatic heterocycles. The second-order valence-corrected chi connectivity index (χ2v) is 5.42. The Balaban J connectivity index is 1.86. The smallest absolute Gasteiger partial charge is 0.171 e. The van der Waals surface area contributed by atoms with Gasteiger partial charge in [0.05, 0.1) is 0 Å². The molecule has 0 aliphatic carbocycles. The van der Waals surface area contributed by atoms with Crippen LogP contribution in [0.4, 0.5) is 11.4 Å². The third-order valence-corrected chi connectivity index (χ3v) is 3.80. The summed E-state index contributed by atoms with van der Waals surface area (Å²) in [6.45, 7) is 7.08. The van der Waals surface area contributed by atoms with Crippen molar-refractivity contribution >= 4 is 28.7 Å². The summed E-state index contributed by atoms with van der Waals surface area (Å²) in [5.74, 6) is 0. The molecule has 2 aromatic carbocycles. The maximum atomic E-state index is 5.33. The van der Waals surface area contributed by atoms with Crippen molar-refractivity contribution in [3.63, 3.8) is 0 Å². The highest BCUT2D eigenvalue weighted by Crippen LogP contribution is 2.17. The van der Waals surface area contributed by atoms with Gasteiger partial charge >= 0.3 is 0 Å². The van der Waals surface area contributed by atoms with Gasteiger partial charge in [0, 0.05) is 31.0 Å². The molecule has 0 aliphatic rings. The Labute approximate surface area is 138 Å². The van der Waals surface area contributed by atoms with Gasteiger partial charge in [0.2, 0.25) is 0 Å². The highest BCUT2D eigenvalue weighted by atomic mass is 32.1. The summed E-state index contributed by atoms with van der Waals surface area (Å²) >= 11 is 5.33. The first kappa shape index (κ1) is 16.3. The number of hydrogen-bond acceptors (Lipinski definition) is 2. The molecule has 0 saturated heterocycles. The van der Waals surface area contributed by atoms with Crippen LogP contribution in [-0.2, 0) is 6.54 Å². The number of thiocarbonyl (C=S) groups is 1. The molecule has 2 rings (SSSR count). The van der Waals surface area contributed by atoms with Crippen molar-refractivity contribution in [1.82, 2.24) is 5.32 Å². The van der Waals surface area contributed by atoms with E-state index in [1.807, 2.05) is 18.2 Å². The van der Waals surface area contributed by atoms with E-state index in [9.17, 15) is 0 Å². The minimum absolute atomic E-state index is 0.638. The molecule has 0 fully saturated rings. The summed E-state index contributed by atoms with van der Waals surface area (Å²) in [6.07, 6.45) is 0. The van der Waals surface area contributed by atoms with Crippen LogP contribution in [-0.4, -0.2) is 18.2 Å². The van der Waals surface area contributed by atoms with Crippen molar-refractivity contribution in [2.24, 2.45) is 0 Å². The molecule has 0 bridgehead atoms. The largest absolute Gasteiger partial charge is 0.372 e. The van der Waals surface area contributed by atoms with Crippen LogP contribution < -0.4 is 15.5 Å². The molecule has 0 unspecified atom stereocenters. The highest BCUT2D eigenvalue weighted by molar-refractivity contribution is 7.80. The molecule has 4 heteroatoms. The van der Waals surface area contributed by atoms with Crippen molar-refractivity contribution in [2.75, 3.05) is 23.3 Å². The fourth-order valence-corrected chi connectivity index (χ4v) is 2.49. The summed E-state index contributed by atoms with van der Waals surface area (Å²) in [4.78, 5) is 2.32. The van der Waals surface area contributed by atoms with E-state index in [1.54, 1.807) is 0 Å². The quantitative estimate of drug-likeness (QED) is 0.788. The van der Waals surface area contributed by atoms with Crippen molar-refractivity contribution < 1.29 is 0 Å². The lowest BCUT2D eigenvalue weighted by atomic mass is 10.2. The SMILES string of the molecule is CCN(CC)c1ccc(NC(=S)NCc2ccccc2)cc1. The van der Waals surface area contributed by atoms with Gasteiger partial charge in [-0.3, -0.25) is 0 Å². The first-order chi connectivity index (χ1) is 10.7. The molecular formula is C18H23N3S. The normalized spacial score (nSPS) is 10.1.